The minimum atomic E-state index is -1.12. The Morgan fingerprint density at radius 1 is 1.27 bits per heavy atom. The fourth-order valence-corrected chi connectivity index (χ4v) is 3.00. The van der Waals surface area contributed by atoms with Crippen LogP contribution in [0.3, 0.4) is 0 Å². The predicted octanol–water partition coefficient (Wildman–Crippen LogP) is 4.53. The molecule has 2 N–H and O–H groups in total. The number of aromatic nitrogens is 1. The molecule has 0 bridgehead atoms. The summed E-state index contributed by atoms with van der Waals surface area (Å²) in [6.07, 6.45) is -1.18. The zero-order chi connectivity index (χ0) is 15.5. The van der Waals surface area contributed by atoms with Crippen LogP contribution in [0.2, 0.25) is 0 Å². The molecule has 5 nitrogen and oxygen atoms in total. The van der Waals surface area contributed by atoms with E-state index in [9.17, 15) is 4.79 Å². The number of nitrogens with one attached hydrogen (secondary N) is 1. The molecule has 0 fully saturated rings. The molecule has 0 radical (unpaired) electrons. The van der Waals surface area contributed by atoms with Gasteiger partial charge in [-0.2, -0.15) is 0 Å². The lowest BCUT2D eigenvalue weighted by Crippen LogP contribution is -2.06. The third-order valence-corrected chi connectivity index (χ3v) is 4.09. The van der Waals surface area contributed by atoms with Gasteiger partial charge >= 0.3 is 6.09 Å². The maximum absolute atomic E-state index is 10.6. The van der Waals surface area contributed by atoms with Gasteiger partial charge in [0.2, 0.25) is 0 Å². The van der Waals surface area contributed by atoms with Crippen LogP contribution in [0.4, 0.5) is 9.93 Å². The van der Waals surface area contributed by atoms with Gasteiger partial charge in [0.15, 0.2) is 5.13 Å². The van der Waals surface area contributed by atoms with Crippen LogP contribution in [0.5, 0.6) is 5.75 Å². The quantitative estimate of drug-likeness (QED) is 0.742. The van der Waals surface area contributed by atoms with Crippen molar-refractivity contribution in [3.8, 4) is 5.75 Å². The first-order valence-electron chi connectivity index (χ1n) is 6.74. The number of hydrogen-bond donors (Lipinski definition) is 2. The molecule has 2 aromatic carbocycles. The molecule has 3 rings (SSSR count). The van der Waals surface area contributed by atoms with E-state index < -0.39 is 6.09 Å². The third-order valence-electron chi connectivity index (χ3n) is 3.16. The van der Waals surface area contributed by atoms with Crippen LogP contribution < -0.4 is 10.1 Å². The molecule has 1 unspecified atom stereocenters. The fraction of sp³-hybridized carbons (Fsp3) is 0.125. The first kappa shape index (κ1) is 14.3. The van der Waals surface area contributed by atoms with Crippen LogP contribution in [0.25, 0.3) is 10.2 Å². The van der Waals surface area contributed by atoms with Crippen LogP contribution in [0.15, 0.2) is 48.5 Å². The average molecular weight is 314 g/mol. The summed E-state index contributed by atoms with van der Waals surface area (Å²) in [5, 5.41) is 11.3. The number of anilines is 1. The largest absolute Gasteiger partial charge is 0.486 e. The molecule has 112 valence electrons. The van der Waals surface area contributed by atoms with Crippen molar-refractivity contribution in [1.29, 1.82) is 0 Å². The summed E-state index contributed by atoms with van der Waals surface area (Å²) in [4.78, 5) is 14.8. The highest BCUT2D eigenvalue weighted by Gasteiger charge is 2.10. The van der Waals surface area contributed by atoms with Crippen molar-refractivity contribution in [3.05, 3.63) is 54.1 Å². The molecule has 6 heteroatoms. The van der Waals surface area contributed by atoms with Gasteiger partial charge in [0.25, 0.3) is 0 Å². The van der Waals surface area contributed by atoms with E-state index in [0.717, 1.165) is 21.5 Å². The summed E-state index contributed by atoms with van der Waals surface area (Å²) in [6.45, 7) is 1.99. The number of carbonyl (C=O) groups is 1. The monoisotopic (exact) mass is 314 g/mol. The van der Waals surface area contributed by atoms with Gasteiger partial charge in [0.1, 0.15) is 11.9 Å². The molecule has 0 saturated carbocycles. The van der Waals surface area contributed by atoms with Gasteiger partial charge in [-0.1, -0.05) is 41.7 Å². The second-order valence-electron chi connectivity index (χ2n) is 4.75. The number of hydrogen-bond acceptors (Lipinski definition) is 4. The molecule has 1 atom stereocenters. The first-order valence-corrected chi connectivity index (χ1v) is 7.55. The second-order valence-corrected chi connectivity index (χ2v) is 5.78. The van der Waals surface area contributed by atoms with Gasteiger partial charge in [0, 0.05) is 0 Å². The van der Waals surface area contributed by atoms with E-state index in [2.05, 4.69) is 10.3 Å². The number of amides is 1. The lowest BCUT2D eigenvalue weighted by atomic mass is 10.1. The molecule has 3 aromatic rings. The van der Waals surface area contributed by atoms with Gasteiger partial charge in [-0.05, 0) is 30.7 Å². The summed E-state index contributed by atoms with van der Waals surface area (Å²) in [7, 11) is 0. The summed E-state index contributed by atoms with van der Waals surface area (Å²) in [5.74, 6) is 0.731. The Morgan fingerprint density at radius 3 is 2.77 bits per heavy atom. The average Bonchev–Trinajstić information content (AvgIpc) is 2.88. The molecule has 0 aliphatic carbocycles. The summed E-state index contributed by atoms with van der Waals surface area (Å²) in [6, 6.07) is 15.5. The van der Waals surface area contributed by atoms with Crippen LogP contribution in [-0.2, 0) is 0 Å². The van der Waals surface area contributed by atoms with Crippen molar-refractivity contribution in [1.82, 2.24) is 4.98 Å². The van der Waals surface area contributed by atoms with Gasteiger partial charge < -0.3 is 9.84 Å². The molecule has 1 aromatic heterocycles. The standard InChI is InChI=1S/C16H14N2O3S/c1-10(11-5-3-2-4-6-11)21-12-7-8-13-14(9-12)22-15(17-13)18-16(19)20/h2-10H,1H3,(H,17,18)(H,19,20). The Balaban J connectivity index is 1.81. The summed E-state index contributed by atoms with van der Waals surface area (Å²) < 4.78 is 6.82. The molecule has 0 saturated heterocycles. The van der Waals surface area contributed by atoms with E-state index in [4.69, 9.17) is 9.84 Å². The molecule has 0 aliphatic heterocycles. The van der Waals surface area contributed by atoms with E-state index >= 15 is 0 Å². The van der Waals surface area contributed by atoms with Crippen molar-refractivity contribution in [3.63, 3.8) is 0 Å². The molecular weight excluding hydrogens is 300 g/mol. The number of thiazole rings is 1. The van der Waals surface area contributed by atoms with E-state index in [1.807, 2.05) is 55.5 Å². The van der Waals surface area contributed by atoms with Crippen LogP contribution in [0.1, 0.15) is 18.6 Å². The minimum absolute atomic E-state index is 0.0665. The van der Waals surface area contributed by atoms with E-state index in [-0.39, 0.29) is 6.10 Å². The Bertz CT molecular complexity index is 802. The topological polar surface area (TPSA) is 71.5 Å². The van der Waals surface area contributed by atoms with Gasteiger partial charge in [-0.3, -0.25) is 5.32 Å². The molecule has 1 heterocycles. The minimum Gasteiger partial charge on any atom is -0.486 e. The number of rotatable bonds is 4. The maximum atomic E-state index is 10.6. The number of nitrogens with zero attached hydrogens (tertiary/aromatic N) is 1. The van der Waals surface area contributed by atoms with Crippen LogP contribution >= 0.6 is 11.3 Å². The summed E-state index contributed by atoms with van der Waals surface area (Å²) in [5.41, 5.74) is 1.84. The normalized spacial score (nSPS) is 12.0. The van der Waals surface area contributed by atoms with Crippen molar-refractivity contribution >= 4 is 32.8 Å². The highest BCUT2D eigenvalue weighted by atomic mass is 32.1. The van der Waals surface area contributed by atoms with Crippen molar-refractivity contribution < 1.29 is 14.6 Å². The lowest BCUT2D eigenvalue weighted by molar-refractivity contribution is 0.209. The zero-order valence-corrected chi connectivity index (χ0v) is 12.6. The fourth-order valence-electron chi connectivity index (χ4n) is 2.12. The van der Waals surface area contributed by atoms with E-state index in [1.165, 1.54) is 11.3 Å². The Morgan fingerprint density at radius 2 is 2.05 bits per heavy atom. The Kier molecular flexibility index (Phi) is 3.93. The summed E-state index contributed by atoms with van der Waals surface area (Å²) >= 11 is 1.28. The molecule has 0 spiro atoms. The van der Waals surface area contributed by atoms with Gasteiger partial charge in [-0.25, -0.2) is 9.78 Å². The molecule has 0 aliphatic rings. The van der Waals surface area contributed by atoms with Crippen LogP contribution in [-0.4, -0.2) is 16.2 Å². The van der Waals surface area contributed by atoms with Crippen molar-refractivity contribution in [2.75, 3.05) is 5.32 Å². The Labute approximate surface area is 131 Å². The Hall–Kier alpha value is -2.60. The van der Waals surface area contributed by atoms with E-state index in [1.54, 1.807) is 0 Å². The SMILES string of the molecule is CC(Oc1ccc2nc(NC(=O)O)sc2c1)c1ccccc1. The van der Waals surface area contributed by atoms with Crippen LogP contribution in [0, 0.1) is 0 Å². The van der Waals surface area contributed by atoms with Gasteiger partial charge in [-0.15, -0.1) is 0 Å². The molecular formula is C16H14N2O3S. The second kappa shape index (κ2) is 6.03. The first-order chi connectivity index (χ1) is 10.6. The lowest BCUT2D eigenvalue weighted by Gasteiger charge is -2.14. The number of fused-ring (bicyclic) bond motifs is 1. The predicted molar refractivity (Wildman–Crippen MR) is 86.8 cm³/mol. The number of carboxylic acid groups (broad SMARTS) is 1. The number of ether oxygens (including phenoxy) is 1. The molecule has 22 heavy (non-hydrogen) atoms. The maximum Gasteiger partial charge on any atom is 0.410 e. The molecule has 1 amide bonds. The highest BCUT2D eigenvalue weighted by Crippen LogP contribution is 2.31. The zero-order valence-electron chi connectivity index (χ0n) is 11.8. The highest BCUT2D eigenvalue weighted by molar-refractivity contribution is 7.22. The van der Waals surface area contributed by atoms with Gasteiger partial charge in [0.05, 0.1) is 10.2 Å². The number of benzene rings is 2. The van der Waals surface area contributed by atoms with Crippen molar-refractivity contribution in [2.45, 2.75) is 13.0 Å². The smallest absolute Gasteiger partial charge is 0.410 e. The van der Waals surface area contributed by atoms with Crippen molar-refractivity contribution in [2.24, 2.45) is 0 Å². The van der Waals surface area contributed by atoms with E-state index in [0.29, 0.717) is 5.13 Å². The third kappa shape index (κ3) is 3.17.